The van der Waals surface area contributed by atoms with Gasteiger partial charge in [-0.05, 0) is 104 Å². The number of esters is 1. The van der Waals surface area contributed by atoms with Crippen molar-refractivity contribution in [1.29, 1.82) is 0 Å². The second-order valence-electron chi connectivity index (χ2n) is 18.0. The van der Waals surface area contributed by atoms with Crippen LogP contribution < -0.4 is 5.32 Å². The Morgan fingerprint density at radius 1 is 0.982 bits per heavy atom. The van der Waals surface area contributed by atoms with E-state index in [9.17, 15) is 19.5 Å². The normalized spacial score (nSPS) is 34.5. The van der Waals surface area contributed by atoms with Crippen molar-refractivity contribution < 1.29 is 38.4 Å². The van der Waals surface area contributed by atoms with Crippen LogP contribution in [0.15, 0.2) is 65.8 Å². The highest BCUT2D eigenvalue weighted by molar-refractivity contribution is 5.98. The third-order valence-electron chi connectivity index (χ3n) is 13.9. The van der Waals surface area contributed by atoms with Crippen molar-refractivity contribution in [1.82, 2.24) is 10.2 Å². The van der Waals surface area contributed by atoms with Crippen LogP contribution in [0.2, 0.25) is 0 Å². The van der Waals surface area contributed by atoms with Crippen molar-refractivity contribution in [3.8, 4) is 0 Å². The number of hydrogen-bond donors (Lipinski definition) is 2. The first-order valence-electron chi connectivity index (χ1n) is 20.5. The maximum Gasteiger partial charge on any atom is 0.338 e. The minimum Gasteiger partial charge on any atom is -0.456 e. The number of epoxide rings is 1. The average molecular weight is 751 g/mol. The zero-order chi connectivity index (χ0) is 38.1. The van der Waals surface area contributed by atoms with Crippen molar-refractivity contribution in [3.63, 3.8) is 0 Å². The smallest absolute Gasteiger partial charge is 0.338 e. The van der Waals surface area contributed by atoms with E-state index in [2.05, 4.69) is 44.3 Å². The fourth-order valence-corrected chi connectivity index (χ4v) is 10.8. The molecular weight excluding hydrogens is 697 g/mol. The second kappa shape index (κ2) is 14.0. The lowest BCUT2D eigenvalue weighted by Crippen LogP contribution is -2.49. The molecule has 2 aromatic rings. The van der Waals surface area contributed by atoms with Crippen molar-refractivity contribution >= 4 is 23.9 Å². The number of fused-ring (bicyclic) bond motifs is 4. The number of allylic oxidation sites excluding steroid dienone is 1. The summed E-state index contributed by atoms with van der Waals surface area (Å²) in [6.45, 7) is 7.47. The van der Waals surface area contributed by atoms with Gasteiger partial charge in [-0.25, -0.2) is 4.79 Å². The predicted molar refractivity (Wildman–Crippen MR) is 205 cm³/mol. The van der Waals surface area contributed by atoms with E-state index in [4.69, 9.17) is 18.9 Å². The van der Waals surface area contributed by atoms with E-state index in [0.717, 1.165) is 36.0 Å². The molecule has 0 bridgehead atoms. The maximum atomic E-state index is 14.1. The standard InChI is InChI=1S/C45H54N2O8/c1-43(2)26-33-29(14-15-38-44(3,54-38)17-16-34(33)43)21-27-10-12-28(13-11-27)42(51)52-36-22-32(41(50)47-19-6-9-35(47)40(49)46-18-20-48)23-37-39(36)55-45(53-37)24-30-7-4-5-8-31(30)25-45/h4-5,7-8,10-13,21,23,33-39,48H,6,9,14-20,22,24-26H2,1-3H3,(H,46,49)/t33-,34-,35-,36-,37-,38?,39+,44-/m1/s1. The highest BCUT2D eigenvalue weighted by atomic mass is 16.8. The number of hydrogen-bond acceptors (Lipinski definition) is 8. The summed E-state index contributed by atoms with van der Waals surface area (Å²) >= 11 is 0. The number of likely N-dealkylation sites (tertiary alicyclic amines) is 1. The maximum absolute atomic E-state index is 14.1. The van der Waals surface area contributed by atoms with Crippen LogP contribution in [0.5, 0.6) is 0 Å². The number of aliphatic hydroxyl groups is 1. The van der Waals surface area contributed by atoms with Crippen LogP contribution in [0.1, 0.15) is 99.2 Å². The Balaban J connectivity index is 0.933. The minimum atomic E-state index is -0.914. The molecule has 10 heteroatoms. The molecule has 3 heterocycles. The number of rotatable bonds is 7. The van der Waals surface area contributed by atoms with Gasteiger partial charge in [0.2, 0.25) is 11.8 Å². The molecule has 8 atom stereocenters. The average Bonchev–Trinajstić information content (AvgIpc) is 3.55. The molecule has 2 saturated carbocycles. The largest absolute Gasteiger partial charge is 0.456 e. The molecule has 2 amide bonds. The summed E-state index contributed by atoms with van der Waals surface area (Å²) in [6, 6.07) is 15.2. The number of benzene rings is 2. The van der Waals surface area contributed by atoms with Crippen LogP contribution in [-0.4, -0.2) is 89.3 Å². The van der Waals surface area contributed by atoms with Gasteiger partial charge in [0.15, 0.2) is 5.79 Å². The Bertz CT molecular complexity index is 1890. The number of aliphatic hydroxyl groups excluding tert-OH is 1. The van der Waals surface area contributed by atoms with Gasteiger partial charge in [0.25, 0.3) is 0 Å². The molecule has 55 heavy (non-hydrogen) atoms. The number of amides is 2. The summed E-state index contributed by atoms with van der Waals surface area (Å²) in [7, 11) is 0. The molecule has 292 valence electrons. The van der Waals surface area contributed by atoms with Crippen LogP contribution in [-0.2, 0) is 41.4 Å². The lowest BCUT2D eigenvalue weighted by Gasteiger charge is -2.53. The Morgan fingerprint density at radius 2 is 1.75 bits per heavy atom. The highest BCUT2D eigenvalue weighted by Gasteiger charge is 2.57. The van der Waals surface area contributed by atoms with Crippen LogP contribution >= 0.6 is 0 Å². The quantitative estimate of drug-likeness (QED) is 0.273. The van der Waals surface area contributed by atoms with Gasteiger partial charge in [0, 0.05) is 37.9 Å². The number of nitrogens with one attached hydrogen (secondary N) is 1. The van der Waals surface area contributed by atoms with Crippen molar-refractivity contribution in [2.24, 2.45) is 17.3 Å². The van der Waals surface area contributed by atoms with Crippen molar-refractivity contribution in [2.75, 3.05) is 19.7 Å². The van der Waals surface area contributed by atoms with Crippen LogP contribution in [0, 0.1) is 17.3 Å². The second-order valence-corrected chi connectivity index (χ2v) is 18.0. The Labute approximate surface area is 323 Å². The summed E-state index contributed by atoms with van der Waals surface area (Å²) in [5, 5.41) is 12.0. The number of nitrogens with zero attached hydrogens (tertiary/aromatic N) is 1. The van der Waals surface area contributed by atoms with Gasteiger partial charge in [0.1, 0.15) is 24.4 Å². The summed E-state index contributed by atoms with van der Waals surface area (Å²) in [6.07, 6.45) is 10.6. The van der Waals surface area contributed by atoms with Crippen LogP contribution in [0.3, 0.4) is 0 Å². The van der Waals surface area contributed by atoms with Gasteiger partial charge in [-0.2, -0.15) is 0 Å². The number of ether oxygens (including phenoxy) is 4. The summed E-state index contributed by atoms with van der Waals surface area (Å²) in [5.41, 5.74) is 6.13. The van der Waals surface area contributed by atoms with Crippen molar-refractivity contribution in [3.05, 3.63) is 88.0 Å². The molecular formula is C45H54N2O8. The van der Waals surface area contributed by atoms with Gasteiger partial charge >= 0.3 is 5.97 Å². The molecule has 3 saturated heterocycles. The van der Waals surface area contributed by atoms with Gasteiger partial charge in [0.05, 0.1) is 23.9 Å². The molecule has 2 N–H and O–H groups in total. The molecule has 4 aliphatic carbocycles. The molecule has 1 spiro atoms. The van der Waals surface area contributed by atoms with E-state index in [0.29, 0.717) is 66.7 Å². The van der Waals surface area contributed by atoms with Crippen LogP contribution in [0.25, 0.3) is 6.08 Å². The molecule has 0 radical (unpaired) electrons. The first kappa shape index (κ1) is 36.8. The van der Waals surface area contributed by atoms with Gasteiger partial charge in [-0.15, -0.1) is 0 Å². The third-order valence-corrected chi connectivity index (χ3v) is 13.9. The van der Waals surface area contributed by atoms with E-state index >= 15 is 0 Å². The third kappa shape index (κ3) is 6.87. The van der Waals surface area contributed by atoms with E-state index < -0.39 is 36.1 Å². The number of carbonyl (C=O) groups excluding carboxylic acids is 3. The summed E-state index contributed by atoms with van der Waals surface area (Å²) in [5.74, 6) is -0.703. The zero-order valence-corrected chi connectivity index (χ0v) is 32.3. The molecule has 1 unspecified atom stereocenters. The summed E-state index contributed by atoms with van der Waals surface area (Å²) in [4.78, 5) is 42.6. The topological polar surface area (TPSA) is 127 Å². The van der Waals surface area contributed by atoms with E-state index in [1.165, 1.54) is 18.4 Å². The molecule has 9 rings (SSSR count). The lowest BCUT2D eigenvalue weighted by atomic mass is 9.52. The fourth-order valence-electron chi connectivity index (χ4n) is 10.8. The van der Waals surface area contributed by atoms with Gasteiger partial charge in [-0.3, -0.25) is 9.59 Å². The Morgan fingerprint density at radius 3 is 2.47 bits per heavy atom. The molecule has 5 fully saturated rings. The van der Waals surface area contributed by atoms with Gasteiger partial charge < -0.3 is 34.3 Å². The van der Waals surface area contributed by atoms with E-state index in [-0.39, 0.29) is 37.0 Å². The van der Waals surface area contributed by atoms with Crippen molar-refractivity contribution in [2.45, 2.75) is 127 Å². The van der Waals surface area contributed by atoms with E-state index in [1.807, 2.05) is 42.5 Å². The zero-order valence-electron chi connectivity index (χ0n) is 32.3. The van der Waals surface area contributed by atoms with Gasteiger partial charge in [-0.1, -0.05) is 61.9 Å². The number of carbonyl (C=O) groups is 3. The monoisotopic (exact) mass is 750 g/mol. The lowest BCUT2D eigenvalue weighted by molar-refractivity contribution is -0.172. The SMILES string of the molecule is CC1(C)C[C@@H]2C(=Cc3ccc(C(=O)O[C@@H]4CC(C(=O)N5CCC[C@@H]5C(=O)NCCO)=C[C@H]5OC6(Cc7ccccc7C6)O[C@H]54)cc3)CCC3O[C@]3(C)CC[C@H]21. The minimum absolute atomic E-state index is 0.0436. The van der Waals surface area contributed by atoms with E-state index in [1.54, 1.807) is 4.90 Å². The Kier molecular flexibility index (Phi) is 9.35. The molecule has 10 nitrogen and oxygen atoms in total. The first-order valence-corrected chi connectivity index (χ1v) is 20.5. The fraction of sp³-hybridized carbons (Fsp3) is 0.578. The summed E-state index contributed by atoms with van der Waals surface area (Å²) < 4.78 is 25.8. The predicted octanol–water partition coefficient (Wildman–Crippen LogP) is 5.70. The Hall–Kier alpha value is -3.83. The highest BCUT2D eigenvalue weighted by Crippen LogP contribution is 2.60. The molecule has 2 aromatic carbocycles. The van der Waals surface area contributed by atoms with Crippen LogP contribution in [0.4, 0.5) is 0 Å². The molecule has 0 aromatic heterocycles. The first-order chi connectivity index (χ1) is 26.4. The molecule has 7 aliphatic rings. The molecule has 3 aliphatic heterocycles.